The molecule has 0 spiro atoms. The zero-order chi connectivity index (χ0) is 46.2. The van der Waals surface area contributed by atoms with E-state index in [2.05, 4.69) is 13.5 Å². The summed E-state index contributed by atoms with van der Waals surface area (Å²) in [4.78, 5) is 71.6. The first-order valence-corrected chi connectivity index (χ1v) is 22.6. The van der Waals surface area contributed by atoms with Crippen LogP contribution in [0, 0.1) is 6.92 Å². The number of ether oxygens (including phenoxy) is 7. The van der Waals surface area contributed by atoms with Gasteiger partial charge in [-0.25, -0.2) is 9.59 Å². The molecule has 0 aliphatic carbocycles. The van der Waals surface area contributed by atoms with E-state index >= 15 is 0 Å². The van der Waals surface area contributed by atoms with E-state index in [0.717, 1.165) is 69.8 Å². The van der Waals surface area contributed by atoms with Gasteiger partial charge in [0.1, 0.15) is 23.5 Å². The Morgan fingerprint density at radius 1 is 0.531 bits per heavy atom. The topological polar surface area (TPSA) is 167 Å². The van der Waals surface area contributed by atoms with E-state index in [-0.39, 0.29) is 30.6 Å². The van der Waals surface area contributed by atoms with Gasteiger partial charge < -0.3 is 33.2 Å². The van der Waals surface area contributed by atoms with Crippen LogP contribution < -0.4 is 14.2 Å². The lowest BCUT2D eigenvalue weighted by atomic mass is 10.1. The molecule has 3 rings (SSSR count). The second-order valence-electron chi connectivity index (χ2n) is 15.6. The van der Waals surface area contributed by atoms with Gasteiger partial charge in [0.25, 0.3) is 0 Å². The molecular weight excluding hydrogens is 821 g/mol. The molecule has 0 aliphatic heterocycles. The Balaban J connectivity index is 1.13. The molecular formula is C51H66O13. The van der Waals surface area contributed by atoms with Gasteiger partial charge in [0.05, 0.1) is 43.7 Å². The third kappa shape index (κ3) is 23.6. The molecule has 348 valence electrons. The monoisotopic (exact) mass is 886 g/mol. The number of esters is 5. The molecule has 0 saturated heterocycles. The van der Waals surface area contributed by atoms with E-state index in [4.69, 9.17) is 33.2 Å². The highest BCUT2D eigenvalue weighted by molar-refractivity contribution is 5.92. The van der Waals surface area contributed by atoms with Gasteiger partial charge in [-0.2, -0.15) is 0 Å². The SMILES string of the molecule is C=C(C=O)COCCCCCC(=O)OCCCCCC(=O)OCCCCCC(=O)OCCCCCC(CC)Oc1ccc(C(=O)Oc2ccc(OC(=O)c3ccc(C)cc3)cc2)cc1. The number of unbranched alkanes of at least 4 members (excludes halogenated alkanes) is 8. The lowest BCUT2D eigenvalue weighted by Crippen LogP contribution is -2.15. The van der Waals surface area contributed by atoms with Gasteiger partial charge >= 0.3 is 29.8 Å². The van der Waals surface area contributed by atoms with E-state index < -0.39 is 11.9 Å². The van der Waals surface area contributed by atoms with E-state index in [1.165, 1.54) is 0 Å². The number of hydrogen-bond acceptors (Lipinski definition) is 13. The predicted octanol–water partition coefficient (Wildman–Crippen LogP) is 10.2. The number of aryl methyl sites for hydroxylation is 1. The largest absolute Gasteiger partial charge is 0.490 e. The number of carbonyl (C=O) groups excluding carboxylic acids is 6. The van der Waals surface area contributed by atoms with Crippen molar-refractivity contribution in [3.8, 4) is 17.2 Å². The molecule has 3 aromatic carbocycles. The average molecular weight is 887 g/mol. The Labute approximate surface area is 378 Å². The second-order valence-corrected chi connectivity index (χ2v) is 15.6. The summed E-state index contributed by atoms with van der Waals surface area (Å²) < 4.78 is 38.3. The lowest BCUT2D eigenvalue weighted by Gasteiger charge is -2.17. The van der Waals surface area contributed by atoms with Crippen molar-refractivity contribution in [1.82, 2.24) is 0 Å². The second kappa shape index (κ2) is 31.9. The number of benzene rings is 3. The predicted molar refractivity (Wildman–Crippen MR) is 241 cm³/mol. The zero-order valence-corrected chi connectivity index (χ0v) is 37.7. The molecule has 0 radical (unpaired) electrons. The van der Waals surface area contributed by atoms with E-state index in [1.807, 2.05) is 19.1 Å². The minimum atomic E-state index is -0.523. The van der Waals surface area contributed by atoms with Crippen LogP contribution in [0.15, 0.2) is 84.9 Å². The maximum Gasteiger partial charge on any atom is 0.343 e. The van der Waals surface area contributed by atoms with Crippen LogP contribution in [-0.2, 0) is 38.1 Å². The summed E-state index contributed by atoms with van der Waals surface area (Å²) in [6.45, 7) is 9.34. The van der Waals surface area contributed by atoms with Gasteiger partial charge in [-0.1, -0.05) is 37.6 Å². The van der Waals surface area contributed by atoms with E-state index in [1.54, 1.807) is 60.7 Å². The smallest absolute Gasteiger partial charge is 0.343 e. The summed E-state index contributed by atoms with van der Waals surface area (Å²) in [6.07, 6.45) is 12.5. The summed E-state index contributed by atoms with van der Waals surface area (Å²) in [5.74, 6) is -0.380. The minimum absolute atomic E-state index is 0.00432. The van der Waals surface area contributed by atoms with Crippen molar-refractivity contribution in [1.29, 1.82) is 0 Å². The zero-order valence-electron chi connectivity index (χ0n) is 37.7. The van der Waals surface area contributed by atoms with Gasteiger partial charge in [0, 0.05) is 31.4 Å². The first-order valence-electron chi connectivity index (χ1n) is 22.6. The fourth-order valence-electron chi connectivity index (χ4n) is 6.21. The van der Waals surface area contributed by atoms with Gasteiger partial charge in [-0.15, -0.1) is 0 Å². The molecule has 0 saturated carbocycles. The van der Waals surface area contributed by atoms with Crippen LogP contribution in [0.25, 0.3) is 0 Å². The summed E-state index contributed by atoms with van der Waals surface area (Å²) >= 11 is 0. The molecule has 0 amide bonds. The van der Waals surface area contributed by atoms with Crippen LogP contribution in [0.4, 0.5) is 0 Å². The highest BCUT2D eigenvalue weighted by atomic mass is 16.6. The first kappa shape index (κ1) is 52.5. The van der Waals surface area contributed by atoms with Crippen molar-refractivity contribution in [3.63, 3.8) is 0 Å². The summed E-state index contributed by atoms with van der Waals surface area (Å²) in [5, 5.41) is 0. The Bertz CT molecular complexity index is 1850. The van der Waals surface area contributed by atoms with Crippen LogP contribution in [0.5, 0.6) is 17.2 Å². The fraction of sp³-hybridized carbons (Fsp3) is 0.490. The van der Waals surface area contributed by atoms with E-state index in [9.17, 15) is 28.8 Å². The number of aldehydes is 1. The molecule has 0 N–H and O–H groups in total. The average Bonchev–Trinajstić information content (AvgIpc) is 3.29. The van der Waals surface area contributed by atoms with Crippen molar-refractivity contribution >= 4 is 36.1 Å². The summed E-state index contributed by atoms with van der Waals surface area (Å²) in [5.41, 5.74) is 2.27. The first-order chi connectivity index (χ1) is 31.1. The van der Waals surface area contributed by atoms with Gasteiger partial charge in [0.2, 0.25) is 0 Å². The van der Waals surface area contributed by atoms with Crippen molar-refractivity contribution in [3.05, 3.63) is 102 Å². The third-order valence-corrected chi connectivity index (χ3v) is 10.0. The fourth-order valence-corrected chi connectivity index (χ4v) is 6.21. The molecule has 64 heavy (non-hydrogen) atoms. The number of rotatable bonds is 34. The highest BCUT2D eigenvalue weighted by Gasteiger charge is 2.14. The van der Waals surface area contributed by atoms with Crippen LogP contribution in [0.3, 0.4) is 0 Å². The molecule has 1 atom stereocenters. The van der Waals surface area contributed by atoms with E-state index in [0.29, 0.717) is 112 Å². The quantitative estimate of drug-likeness (QED) is 0.0139. The maximum atomic E-state index is 12.8. The van der Waals surface area contributed by atoms with Gasteiger partial charge in [-0.3, -0.25) is 19.2 Å². The summed E-state index contributed by atoms with van der Waals surface area (Å²) in [6, 6.07) is 20.2. The summed E-state index contributed by atoms with van der Waals surface area (Å²) in [7, 11) is 0. The Hall–Kier alpha value is -5.82. The molecule has 0 fully saturated rings. The van der Waals surface area contributed by atoms with Crippen molar-refractivity contribution in [2.75, 3.05) is 33.0 Å². The Morgan fingerprint density at radius 3 is 1.38 bits per heavy atom. The third-order valence-electron chi connectivity index (χ3n) is 10.0. The van der Waals surface area contributed by atoms with Crippen LogP contribution >= 0.6 is 0 Å². The Morgan fingerprint density at radius 2 is 0.938 bits per heavy atom. The molecule has 0 aliphatic rings. The lowest BCUT2D eigenvalue weighted by molar-refractivity contribution is -0.145. The van der Waals surface area contributed by atoms with Gasteiger partial charge in [-0.05, 0) is 151 Å². The normalized spacial score (nSPS) is 11.2. The molecule has 0 heterocycles. The molecule has 1 unspecified atom stereocenters. The molecule has 13 nitrogen and oxygen atoms in total. The Kier molecular flexibility index (Phi) is 26.2. The minimum Gasteiger partial charge on any atom is -0.490 e. The molecule has 0 bridgehead atoms. The van der Waals surface area contributed by atoms with Crippen molar-refractivity contribution in [2.24, 2.45) is 0 Å². The standard InChI is InChI=1S/C51H66O13/c1-4-43(62-44-27-25-42(26-28-44)51(57)64-46-31-29-45(30-32-46)63-50(56)41-23-21-39(2)22-24-41)17-9-5-14-34-59-48(54)19-11-7-16-36-61-49(55)20-12-8-15-35-60-47(53)18-10-6-13-33-58-38-40(3)37-52/h21-32,37,43H,3-20,33-36,38H2,1-2H3. The van der Waals surface area contributed by atoms with Crippen molar-refractivity contribution in [2.45, 2.75) is 129 Å². The van der Waals surface area contributed by atoms with Gasteiger partial charge in [0.15, 0.2) is 0 Å². The van der Waals surface area contributed by atoms with Crippen LogP contribution in [0.1, 0.15) is 142 Å². The number of carbonyl (C=O) groups is 6. The van der Waals surface area contributed by atoms with Crippen LogP contribution in [-0.4, -0.2) is 75.3 Å². The maximum absolute atomic E-state index is 12.8. The highest BCUT2D eigenvalue weighted by Crippen LogP contribution is 2.22. The molecule has 13 heteroatoms. The molecule has 0 aromatic heterocycles. The van der Waals surface area contributed by atoms with Crippen LogP contribution in [0.2, 0.25) is 0 Å². The number of hydrogen-bond donors (Lipinski definition) is 0. The molecule has 3 aromatic rings. The van der Waals surface area contributed by atoms with Crippen molar-refractivity contribution < 1.29 is 61.9 Å².